The lowest BCUT2D eigenvalue weighted by molar-refractivity contribution is 0.669. The zero-order chi connectivity index (χ0) is 22.0. The van der Waals surface area contributed by atoms with Crippen LogP contribution in [0.3, 0.4) is 0 Å². The Kier molecular flexibility index (Phi) is 3.08. The van der Waals surface area contributed by atoms with E-state index in [2.05, 4.69) is 95.6 Å². The minimum Gasteiger partial charge on any atom is -0.456 e. The van der Waals surface area contributed by atoms with Crippen molar-refractivity contribution in [3.05, 3.63) is 97.1 Å². The predicted molar refractivity (Wildman–Crippen MR) is 143 cm³/mol. The number of benzene rings is 5. The largest absolute Gasteiger partial charge is 0.456 e. The quantitative estimate of drug-likeness (QED) is 0.265. The molecule has 0 unspecified atom stereocenters. The number of fused-ring (bicyclic) bond motifs is 12. The Morgan fingerprint density at radius 2 is 1.35 bits per heavy atom. The van der Waals surface area contributed by atoms with E-state index in [1.807, 2.05) is 17.8 Å². The van der Waals surface area contributed by atoms with Gasteiger partial charge in [-0.2, -0.15) is 0 Å². The maximum Gasteiger partial charge on any atom is 0.249 e. The van der Waals surface area contributed by atoms with Crippen molar-refractivity contribution in [1.29, 1.82) is 0 Å². The van der Waals surface area contributed by atoms with Crippen LogP contribution in [0.25, 0.3) is 49.4 Å². The minimum absolute atomic E-state index is 0.251. The highest BCUT2D eigenvalue weighted by atomic mass is 32.2. The van der Waals surface area contributed by atoms with Gasteiger partial charge in [0, 0.05) is 31.6 Å². The summed E-state index contributed by atoms with van der Waals surface area (Å²) in [7, 11) is 0. The first kappa shape index (κ1) is 17.6. The molecule has 156 valence electrons. The number of aromatic nitrogens is 1. The average Bonchev–Trinajstić information content (AvgIpc) is 3.43. The van der Waals surface area contributed by atoms with Gasteiger partial charge in [0.05, 0.1) is 16.4 Å². The van der Waals surface area contributed by atoms with E-state index in [0.29, 0.717) is 0 Å². The highest BCUT2D eigenvalue weighted by molar-refractivity contribution is 8.00. The van der Waals surface area contributed by atoms with Crippen LogP contribution in [-0.4, -0.2) is 11.3 Å². The number of rotatable bonds is 0. The average molecular weight is 449 g/mol. The van der Waals surface area contributed by atoms with Crippen LogP contribution >= 0.6 is 11.8 Å². The van der Waals surface area contributed by atoms with Crippen LogP contribution in [0.1, 0.15) is 0 Å². The van der Waals surface area contributed by atoms with E-state index in [0.717, 1.165) is 11.2 Å². The van der Waals surface area contributed by atoms with Crippen molar-refractivity contribution in [3.63, 3.8) is 0 Å². The molecular weight excluding hydrogens is 433 g/mol. The monoisotopic (exact) mass is 449 g/mol. The van der Waals surface area contributed by atoms with E-state index in [1.54, 1.807) is 0 Å². The van der Waals surface area contributed by atoms with E-state index in [1.165, 1.54) is 64.4 Å². The Morgan fingerprint density at radius 3 is 2.32 bits per heavy atom. The normalized spacial score (nSPS) is 13.7. The summed E-state index contributed by atoms with van der Waals surface area (Å²) >= 11 is 1.90. The van der Waals surface area contributed by atoms with Crippen molar-refractivity contribution in [3.8, 4) is 5.69 Å². The number of furan rings is 1. The van der Waals surface area contributed by atoms with Crippen LogP contribution in [0.5, 0.6) is 0 Å². The molecule has 0 amide bonds. The topological polar surface area (TPSA) is 18.1 Å². The zero-order valence-corrected chi connectivity index (χ0v) is 18.9. The van der Waals surface area contributed by atoms with Crippen molar-refractivity contribution in [2.45, 2.75) is 9.79 Å². The third-order valence-corrected chi connectivity index (χ3v) is 8.83. The smallest absolute Gasteiger partial charge is 0.249 e. The van der Waals surface area contributed by atoms with Crippen LogP contribution in [0, 0.1) is 0 Å². The van der Waals surface area contributed by atoms with Gasteiger partial charge in [0.15, 0.2) is 0 Å². The first-order valence-corrected chi connectivity index (χ1v) is 12.5. The molecule has 0 saturated heterocycles. The molecular formula is C30H16BNOS. The van der Waals surface area contributed by atoms with Gasteiger partial charge in [-0.15, -0.1) is 0 Å². The Hall–Kier alpha value is -3.89. The lowest BCUT2D eigenvalue weighted by Crippen LogP contribution is -2.58. The minimum atomic E-state index is 0.251. The second-order valence-electron chi connectivity index (χ2n) is 9.27. The number of nitrogens with zero attached hydrogens (tertiary/aromatic N) is 1. The Bertz CT molecular complexity index is 2010. The molecule has 7 aromatic rings. The molecule has 0 radical (unpaired) electrons. The Balaban J connectivity index is 1.58. The van der Waals surface area contributed by atoms with E-state index >= 15 is 0 Å². The fourth-order valence-corrected chi connectivity index (χ4v) is 7.51. The first-order chi connectivity index (χ1) is 16.9. The van der Waals surface area contributed by atoms with Gasteiger partial charge in [-0.3, -0.25) is 0 Å². The Morgan fingerprint density at radius 1 is 0.588 bits per heavy atom. The van der Waals surface area contributed by atoms with E-state index < -0.39 is 0 Å². The summed E-state index contributed by atoms with van der Waals surface area (Å²) in [5.41, 5.74) is 9.98. The van der Waals surface area contributed by atoms with Crippen LogP contribution in [-0.2, 0) is 0 Å². The predicted octanol–water partition coefficient (Wildman–Crippen LogP) is 5.98. The lowest BCUT2D eigenvalue weighted by atomic mass is 9.35. The van der Waals surface area contributed by atoms with Crippen molar-refractivity contribution < 1.29 is 4.42 Å². The van der Waals surface area contributed by atoms with E-state index in [9.17, 15) is 0 Å². The van der Waals surface area contributed by atoms with Crippen LogP contribution < -0.4 is 16.4 Å². The highest BCUT2D eigenvalue weighted by Gasteiger charge is 2.39. The second-order valence-corrected chi connectivity index (χ2v) is 10.4. The van der Waals surface area contributed by atoms with E-state index in [4.69, 9.17) is 4.42 Å². The zero-order valence-electron chi connectivity index (χ0n) is 18.1. The van der Waals surface area contributed by atoms with Crippen molar-refractivity contribution >= 4 is 78.6 Å². The fraction of sp³-hybridized carbons (Fsp3) is 0. The third-order valence-electron chi connectivity index (χ3n) is 7.66. The summed E-state index contributed by atoms with van der Waals surface area (Å²) in [4.78, 5) is 2.73. The molecule has 4 heteroatoms. The van der Waals surface area contributed by atoms with Gasteiger partial charge < -0.3 is 8.98 Å². The molecule has 34 heavy (non-hydrogen) atoms. The summed E-state index contributed by atoms with van der Waals surface area (Å²) in [5, 5.41) is 4.99. The van der Waals surface area contributed by atoms with Gasteiger partial charge in [-0.1, -0.05) is 77.9 Å². The van der Waals surface area contributed by atoms with Gasteiger partial charge in [0.25, 0.3) is 0 Å². The SMILES string of the molecule is c1ccc2c(c1)Sc1ccc3c4ccc5oc6ccccc6c5c4n4c3c1B2c1ccccc1-4. The summed E-state index contributed by atoms with van der Waals surface area (Å²) in [6.45, 7) is 0.251. The van der Waals surface area contributed by atoms with Crippen LogP contribution in [0.2, 0.25) is 0 Å². The molecule has 4 heterocycles. The number of para-hydroxylation sites is 2. The summed E-state index contributed by atoms with van der Waals surface area (Å²) in [5.74, 6) is 0. The van der Waals surface area contributed by atoms with Gasteiger partial charge in [-0.25, -0.2) is 0 Å². The van der Waals surface area contributed by atoms with E-state index in [-0.39, 0.29) is 6.71 Å². The van der Waals surface area contributed by atoms with Gasteiger partial charge in [0.1, 0.15) is 11.2 Å². The van der Waals surface area contributed by atoms with Crippen LogP contribution in [0.4, 0.5) is 0 Å². The molecule has 5 aromatic carbocycles. The number of hydrogen-bond acceptors (Lipinski definition) is 2. The molecule has 0 spiro atoms. The first-order valence-electron chi connectivity index (χ1n) is 11.7. The van der Waals surface area contributed by atoms with Gasteiger partial charge in [-0.05, 0) is 47.3 Å². The van der Waals surface area contributed by atoms with Crippen molar-refractivity contribution in [2.24, 2.45) is 0 Å². The standard InChI is InChI=1S/C30H16BNOS/c1-5-11-23-19(7-1)27-24(33-23)15-13-17-18-14-16-26-28-30(18)32(29(17)27)22-10-4-2-8-20(22)31(28)21-9-3-6-12-25(21)34-26/h1-16H. The molecule has 0 saturated carbocycles. The lowest BCUT2D eigenvalue weighted by Gasteiger charge is -2.32. The Labute approximate surface area is 199 Å². The van der Waals surface area contributed by atoms with Crippen molar-refractivity contribution in [1.82, 2.24) is 4.57 Å². The maximum absolute atomic E-state index is 6.30. The molecule has 2 aromatic heterocycles. The molecule has 2 nitrogen and oxygen atoms in total. The third kappa shape index (κ3) is 1.94. The van der Waals surface area contributed by atoms with Gasteiger partial charge >= 0.3 is 0 Å². The molecule has 2 aliphatic heterocycles. The molecule has 0 aliphatic carbocycles. The second kappa shape index (κ2) is 5.96. The molecule has 0 bridgehead atoms. The van der Waals surface area contributed by atoms with Gasteiger partial charge in [0.2, 0.25) is 6.71 Å². The number of hydrogen-bond donors (Lipinski definition) is 0. The molecule has 2 aliphatic rings. The maximum atomic E-state index is 6.30. The molecule has 9 rings (SSSR count). The van der Waals surface area contributed by atoms with Crippen LogP contribution in [0.15, 0.2) is 111 Å². The summed E-state index contributed by atoms with van der Waals surface area (Å²) < 4.78 is 8.82. The summed E-state index contributed by atoms with van der Waals surface area (Å²) in [6.07, 6.45) is 0. The summed E-state index contributed by atoms with van der Waals surface area (Å²) in [6, 6.07) is 35.3. The fourth-order valence-electron chi connectivity index (χ4n) is 6.36. The molecule has 0 fully saturated rings. The highest BCUT2D eigenvalue weighted by Crippen LogP contribution is 2.43. The molecule has 0 atom stereocenters. The van der Waals surface area contributed by atoms with Crippen molar-refractivity contribution in [2.75, 3.05) is 0 Å². The molecule has 0 N–H and O–H groups in total.